The van der Waals surface area contributed by atoms with Gasteiger partial charge in [-0.3, -0.25) is 0 Å². The van der Waals surface area contributed by atoms with E-state index >= 15 is 0 Å². The average molecular weight is 174 g/mol. The fourth-order valence-corrected chi connectivity index (χ4v) is 1.85. The van der Waals surface area contributed by atoms with Crippen LogP contribution in [0.15, 0.2) is 0 Å². The van der Waals surface area contributed by atoms with E-state index in [1.165, 1.54) is 0 Å². The molecular formula is C9H18O3. The lowest BCUT2D eigenvalue weighted by atomic mass is 9.72. The van der Waals surface area contributed by atoms with Crippen LogP contribution in [-0.2, 0) is 0 Å². The van der Waals surface area contributed by atoms with Crippen molar-refractivity contribution in [1.82, 2.24) is 0 Å². The molecule has 0 aromatic carbocycles. The molecule has 0 aromatic rings. The van der Waals surface area contributed by atoms with Gasteiger partial charge in [0.1, 0.15) is 5.60 Å². The second kappa shape index (κ2) is 2.98. The zero-order chi connectivity index (χ0) is 9.41. The van der Waals surface area contributed by atoms with Gasteiger partial charge in [0.05, 0.1) is 11.7 Å². The van der Waals surface area contributed by atoms with Gasteiger partial charge in [-0.15, -0.1) is 0 Å². The highest BCUT2D eigenvalue weighted by Gasteiger charge is 2.48. The van der Waals surface area contributed by atoms with Crippen molar-refractivity contribution in [3.05, 3.63) is 0 Å². The Morgan fingerprint density at radius 1 is 1.33 bits per heavy atom. The highest BCUT2D eigenvalue weighted by molar-refractivity contribution is 5.01. The lowest BCUT2D eigenvalue weighted by molar-refractivity contribution is -0.202. The van der Waals surface area contributed by atoms with E-state index in [4.69, 9.17) is 0 Å². The molecule has 3 nitrogen and oxygen atoms in total. The third kappa shape index (κ3) is 1.49. The van der Waals surface area contributed by atoms with E-state index in [1.54, 1.807) is 13.8 Å². The lowest BCUT2D eigenvalue weighted by Gasteiger charge is -2.45. The fourth-order valence-electron chi connectivity index (χ4n) is 1.85. The topological polar surface area (TPSA) is 60.7 Å². The maximum atomic E-state index is 9.98. The van der Waals surface area contributed by atoms with Crippen molar-refractivity contribution in [3.8, 4) is 0 Å². The van der Waals surface area contributed by atoms with Crippen molar-refractivity contribution in [2.75, 3.05) is 0 Å². The standard InChI is InChI=1S/C9H18O3/c1-8(2,11)9(12)6-4-3-5-7(9)10/h7,10-12H,3-6H2,1-2H3. The molecule has 0 amide bonds. The minimum absolute atomic E-state index is 0.484. The van der Waals surface area contributed by atoms with E-state index in [1.807, 2.05) is 0 Å². The molecule has 1 rings (SSSR count). The van der Waals surface area contributed by atoms with Crippen LogP contribution >= 0.6 is 0 Å². The Morgan fingerprint density at radius 2 is 1.92 bits per heavy atom. The number of hydrogen-bond acceptors (Lipinski definition) is 3. The number of aliphatic hydroxyl groups excluding tert-OH is 1. The Bertz CT molecular complexity index is 162. The van der Waals surface area contributed by atoms with Crippen LogP contribution in [0.2, 0.25) is 0 Å². The Kier molecular flexibility index (Phi) is 2.47. The van der Waals surface area contributed by atoms with Crippen LogP contribution in [0.25, 0.3) is 0 Å². The smallest absolute Gasteiger partial charge is 0.118 e. The van der Waals surface area contributed by atoms with Gasteiger partial charge in [-0.05, 0) is 26.7 Å². The Balaban J connectivity index is 2.79. The van der Waals surface area contributed by atoms with E-state index in [0.717, 1.165) is 12.8 Å². The van der Waals surface area contributed by atoms with Crippen LogP contribution in [0.5, 0.6) is 0 Å². The summed E-state index contributed by atoms with van der Waals surface area (Å²) < 4.78 is 0. The summed E-state index contributed by atoms with van der Waals surface area (Å²) in [6.07, 6.45) is 2.08. The fraction of sp³-hybridized carbons (Fsp3) is 1.00. The van der Waals surface area contributed by atoms with Crippen molar-refractivity contribution < 1.29 is 15.3 Å². The maximum absolute atomic E-state index is 9.98. The van der Waals surface area contributed by atoms with Crippen molar-refractivity contribution in [2.24, 2.45) is 0 Å². The first-order valence-corrected chi connectivity index (χ1v) is 4.51. The van der Waals surface area contributed by atoms with E-state index < -0.39 is 17.3 Å². The van der Waals surface area contributed by atoms with Crippen molar-refractivity contribution in [2.45, 2.75) is 56.8 Å². The van der Waals surface area contributed by atoms with Crippen LogP contribution in [0.3, 0.4) is 0 Å². The van der Waals surface area contributed by atoms with E-state index in [-0.39, 0.29) is 0 Å². The molecule has 0 bridgehead atoms. The van der Waals surface area contributed by atoms with Crippen LogP contribution in [-0.4, -0.2) is 32.6 Å². The molecule has 1 aliphatic rings. The molecule has 2 unspecified atom stereocenters. The SMILES string of the molecule is CC(C)(O)C1(O)CCCCC1O. The summed E-state index contributed by atoms with van der Waals surface area (Å²) in [6.45, 7) is 3.09. The van der Waals surface area contributed by atoms with E-state index in [0.29, 0.717) is 12.8 Å². The van der Waals surface area contributed by atoms with Gasteiger partial charge in [0.2, 0.25) is 0 Å². The highest BCUT2D eigenvalue weighted by Crippen LogP contribution is 2.36. The molecule has 0 heterocycles. The first-order valence-electron chi connectivity index (χ1n) is 4.51. The molecule has 72 valence electrons. The van der Waals surface area contributed by atoms with Gasteiger partial charge in [0.15, 0.2) is 0 Å². The summed E-state index contributed by atoms with van der Waals surface area (Å²) in [7, 11) is 0. The molecule has 0 spiro atoms. The first kappa shape index (κ1) is 9.96. The molecule has 1 fully saturated rings. The minimum atomic E-state index is -1.31. The van der Waals surface area contributed by atoms with Crippen molar-refractivity contribution >= 4 is 0 Å². The van der Waals surface area contributed by atoms with Gasteiger partial charge >= 0.3 is 0 Å². The molecule has 0 aliphatic heterocycles. The predicted octanol–water partition coefficient (Wildman–Crippen LogP) is 0.423. The number of hydrogen-bond donors (Lipinski definition) is 3. The monoisotopic (exact) mass is 174 g/mol. The average Bonchev–Trinajstić information content (AvgIpc) is 1.93. The minimum Gasteiger partial charge on any atom is -0.390 e. The molecule has 0 radical (unpaired) electrons. The van der Waals surface area contributed by atoms with Gasteiger partial charge in [0, 0.05) is 0 Å². The Morgan fingerprint density at radius 3 is 2.25 bits per heavy atom. The Hall–Kier alpha value is -0.120. The second-order valence-electron chi connectivity index (χ2n) is 4.24. The second-order valence-corrected chi connectivity index (χ2v) is 4.24. The summed E-state index contributed by atoms with van der Waals surface area (Å²) in [5, 5.41) is 29.2. The molecule has 0 aromatic heterocycles. The number of rotatable bonds is 1. The van der Waals surface area contributed by atoms with Gasteiger partial charge in [-0.25, -0.2) is 0 Å². The van der Waals surface area contributed by atoms with E-state index in [9.17, 15) is 15.3 Å². The van der Waals surface area contributed by atoms with Crippen LogP contribution in [0.1, 0.15) is 39.5 Å². The first-order chi connectivity index (χ1) is 5.38. The highest BCUT2D eigenvalue weighted by atomic mass is 16.4. The summed E-state index contributed by atoms with van der Waals surface area (Å²) in [6, 6.07) is 0. The third-order valence-electron chi connectivity index (χ3n) is 2.90. The summed E-state index contributed by atoms with van der Waals surface area (Å²) >= 11 is 0. The number of aliphatic hydroxyl groups is 3. The molecule has 0 saturated heterocycles. The van der Waals surface area contributed by atoms with E-state index in [2.05, 4.69) is 0 Å². The molecule has 2 atom stereocenters. The van der Waals surface area contributed by atoms with Gasteiger partial charge < -0.3 is 15.3 Å². The van der Waals surface area contributed by atoms with Crippen LogP contribution < -0.4 is 0 Å². The molecule has 1 aliphatic carbocycles. The molecule has 3 N–H and O–H groups in total. The molecule has 3 heteroatoms. The normalized spacial score (nSPS) is 38.2. The summed E-state index contributed by atoms with van der Waals surface area (Å²) in [5.41, 5.74) is -2.53. The van der Waals surface area contributed by atoms with Gasteiger partial charge in [-0.2, -0.15) is 0 Å². The zero-order valence-corrected chi connectivity index (χ0v) is 7.75. The zero-order valence-electron chi connectivity index (χ0n) is 7.75. The van der Waals surface area contributed by atoms with Crippen LogP contribution in [0.4, 0.5) is 0 Å². The quantitative estimate of drug-likeness (QED) is 0.540. The van der Waals surface area contributed by atoms with Crippen molar-refractivity contribution in [1.29, 1.82) is 0 Å². The third-order valence-corrected chi connectivity index (χ3v) is 2.90. The van der Waals surface area contributed by atoms with Gasteiger partial charge in [-0.1, -0.05) is 12.8 Å². The maximum Gasteiger partial charge on any atom is 0.118 e. The lowest BCUT2D eigenvalue weighted by Crippen LogP contribution is -2.59. The summed E-state index contributed by atoms with van der Waals surface area (Å²) in [4.78, 5) is 0. The van der Waals surface area contributed by atoms with Gasteiger partial charge in [0.25, 0.3) is 0 Å². The predicted molar refractivity (Wildman–Crippen MR) is 45.7 cm³/mol. The summed E-state index contributed by atoms with van der Waals surface area (Å²) in [5.74, 6) is 0. The Labute approximate surface area is 73.0 Å². The molecular weight excluding hydrogens is 156 g/mol. The molecule has 12 heavy (non-hydrogen) atoms. The molecule has 1 saturated carbocycles. The van der Waals surface area contributed by atoms with Crippen molar-refractivity contribution in [3.63, 3.8) is 0 Å². The largest absolute Gasteiger partial charge is 0.390 e. The van der Waals surface area contributed by atoms with Crippen LogP contribution in [0, 0.1) is 0 Å².